The summed E-state index contributed by atoms with van der Waals surface area (Å²) in [7, 11) is 0. The Morgan fingerprint density at radius 3 is 2.55 bits per heavy atom. The van der Waals surface area contributed by atoms with Gasteiger partial charge in [-0.2, -0.15) is 0 Å². The van der Waals surface area contributed by atoms with Crippen LogP contribution in [0.5, 0.6) is 0 Å². The molecular weight excluding hydrogens is 250 g/mol. The van der Waals surface area contributed by atoms with Crippen molar-refractivity contribution in [1.82, 2.24) is 4.90 Å². The van der Waals surface area contributed by atoms with Crippen LogP contribution in [-0.4, -0.2) is 34.6 Å². The lowest BCUT2D eigenvalue weighted by Gasteiger charge is -2.47. The zero-order chi connectivity index (χ0) is 13.7. The molecular formula is C17H17NO2. The number of benzene rings is 2. The van der Waals surface area contributed by atoms with Crippen molar-refractivity contribution < 1.29 is 9.90 Å². The van der Waals surface area contributed by atoms with E-state index in [1.807, 2.05) is 42.5 Å². The number of nitrogens with zero attached hydrogens (tertiary/aromatic N) is 1. The topological polar surface area (TPSA) is 40.5 Å². The smallest absolute Gasteiger partial charge is 0.254 e. The minimum Gasteiger partial charge on any atom is -0.386 e. The number of carbonyl (C=O) groups is 1. The van der Waals surface area contributed by atoms with Gasteiger partial charge in [-0.1, -0.05) is 36.4 Å². The minimum absolute atomic E-state index is 0.0344. The molecule has 3 heteroatoms. The minimum atomic E-state index is -0.611. The number of hydrogen-bond acceptors (Lipinski definition) is 2. The maximum absolute atomic E-state index is 12.6. The van der Waals surface area contributed by atoms with Crippen LogP contribution in [0.2, 0.25) is 0 Å². The maximum atomic E-state index is 12.6. The number of carbonyl (C=O) groups excluding carboxylic acids is 1. The Bertz CT molecular complexity index is 679. The van der Waals surface area contributed by atoms with Crippen LogP contribution < -0.4 is 0 Å². The van der Waals surface area contributed by atoms with Gasteiger partial charge in [-0.15, -0.1) is 0 Å². The Morgan fingerprint density at radius 1 is 1.10 bits per heavy atom. The number of hydrogen-bond donors (Lipinski definition) is 1. The Morgan fingerprint density at radius 2 is 1.80 bits per heavy atom. The van der Waals surface area contributed by atoms with Gasteiger partial charge in [0.1, 0.15) is 5.60 Å². The van der Waals surface area contributed by atoms with E-state index in [-0.39, 0.29) is 5.91 Å². The summed E-state index contributed by atoms with van der Waals surface area (Å²) in [6.07, 6.45) is 2.21. The van der Waals surface area contributed by atoms with E-state index in [4.69, 9.17) is 0 Å². The molecule has 20 heavy (non-hydrogen) atoms. The monoisotopic (exact) mass is 267 g/mol. The summed E-state index contributed by atoms with van der Waals surface area (Å²) in [4.78, 5) is 14.4. The van der Waals surface area contributed by atoms with Crippen LogP contribution in [0.25, 0.3) is 10.8 Å². The standard InChI is InChI=1S/C17H17NO2/c19-16(18-10-17(20,11-18)13-8-9-13)15-7-3-5-12-4-1-2-6-14(12)15/h1-7,13,20H,8-11H2. The number of aliphatic hydroxyl groups is 1. The summed E-state index contributed by atoms with van der Waals surface area (Å²) >= 11 is 0. The first-order valence-corrected chi connectivity index (χ1v) is 7.17. The van der Waals surface area contributed by atoms with Crippen molar-refractivity contribution in [3.8, 4) is 0 Å². The molecule has 0 unspecified atom stereocenters. The molecule has 3 nitrogen and oxygen atoms in total. The average Bonchev–Trinajstić information content (AvgIpc) is 3.27. The van der Waals surface area contributed by atoms with Gasteiger partial charge in [-0.3, -0.25) is 4.79 Å². The van der Waals surface area contributed by atoms with Crippen LogP contribution in [0.15, 0.2) is 42.5 Å². The summed E-state index contributed by atoms with van der Waals surface area (Å²) in [6.45, 7) is 0.972. The molecule has 1 N–H and O–H groups in total. The van der Waals surface area contributed by atoms with E-state index in [1.54, 1.807) is 4.90 Å². The van der Waals surface area contributed by atoms with Crippen molar-refractivity contribution in [1.29, 1.82) is 0 Å². The number of fused-ring (bicyclic) bond motifs is 1. The second-order valence-electron chi connectivity index (χ2n) is 6.07. The van der Waals surface area contributed by atoms with Gasteiger partial charge >= 0.3 is 0 Å². The van der Waals surface area contributed by atoms with Crippen molar-refractivity contribution in [3.63, 3.8) is 0 Å². The number of likely N-dealkylation sites (tertiary alicyclic amines) is 1. The molecule has 1 saturated carbocycles. The third-order valence-electron chi connectivity index (χ3n) is 4.57. The van der Waals surface area contributed by atoms with Gasteiger partial charge in [0.15, 0.2) is 0 Å². The van der Waals surface area contributed by atoms with E-state index in [0.29, 0.717) is 19.0 Å². The van der Waals surface area contributed by atoms with Crippen molar-refractivity contribution in [2.45, 2.75) is 18.4 Å². The number of rotatable bonds is 2. The third kappa shape index (κ3) is 1.74. The summed E-state index contributed by atoms with van der Waals surface area (Å²) < 4.78 is 0. The molecule has 0 atom stereocenters. The fourth-order valence-electron chi connectivity index (χ4n) is 3.22. The maximum Gasteiger partial charge on any atom is 0.254 e. The van der Waals surface area contributed by atoms with E-state index in [0.717, 1.165) is 29.2 Å². The Labute approximate surface area is 117 Å². The lowest BCUT2D eigenvalue weighted by Crippen LogP contribution is -2.64. The second kappa shape index (κ2) is 4.06. The van der Waals surface area contributed by atoms with Crippen molar-refractivity contribution in [3.05, 3.63) is 48.0 Å². The van der Waals surface area contributed by atoms with Crippen LogP contribution >= 0.6 is 0 Å². The molecule has 0 radical (unpaired) electrons. The number of β-amino-alcohol motifs (C(OH)–C–C–N with tert-alkyl or cyclic N) is 1. The highest BCUT2D eigenvalue weighted by Crippen LogP contribution is 2.44. The fraction of sp³-hybridized carbons (Fsp3) is 0.353. The molecule has 2 aromatic carbocycles. The summed E-state index contributed by atoms with van der Waals surface area (Å²) in [5.41, 5.74) is 0.126. The third-order valence-corrected chi connectivity index (χ3v) is 4.57. The van der Waals surface area contributed by atoms with E-state index >= 15 is 0 Å². The average molecular weight is 267 g/mol. The summed E-state index contributed by atoms with van der Waals surface area (Å²) in [6, 6.07) is 13.7. The highest BCUT2D eigenvalue weighted by atomic mass is 16.3. The molecule has 1 aliphatic carbocycles. The molecule has 2 aromatic rings. The quantitative estimate of drug-likeness (QED) is 0.908. The fourth-order valence-corrected chi connectivity index (χ4v) is 3.22. The molecule has 0 bridgehead atoms. The summed E-state index contributed by atoms with van der Waals surface area (Å²) in [5.74, 6) is 0.450. The van der Waals surface area contributed by atoms with E-state index in [1.165, 1.54) is 0 Å². The van der Waals surface area contributed by atoms with Crippen molar-refractivity contribution in [2.24, 2.45) is 5.92 Å². The Hall–Kier alpha value is -1.87. The van der Waals surface area contributed by atoms with E-state index in [9.17, 15) is 9.90 Å². The zero-order valence-electron chi connectivity index (χ0n) is 11.2. The van der Waals surface area contributed by atoms with Crippen LogP contribution in [0, 0.1) is 5.92 Å². The largest absolute Gasteiger partial charge is 0.386 e. The lowest BCUT2D eigenvalue weighted by molar-refractivity contribution is -0.0957. The molecule has 1 saturated heterocycles. The normalized spacial score (nSPS) is 20.8. The van der Waals surface area contributed by atoms with Gasteiger partial charge < -0.3 is 10.0 Å². The highest BCUT2D eigenvalue weighted by molar-refractivity contribution is 6.07. The van der Waals surface area contributed by atoms with Crippen LogP contribution in [-0.2, 0) is 0 Å². The van der Waals surface area contributed by atoms with Crippen LogP contribution in [0.3, 0.4) is 0 Å². The second-order valence-corrected chi connectivity index (χ2v) is 6.07. The molecule has 1 amide bonds. The molecule has 2 aliphatic rings. The first-order chi connectivity index (χ1) is 9.67. The zero-order valence-corrected chi connectivity index (χ0v) is 11.2. The Balaban J connectivity index is 1.62. The van der Waals surface area contributed by atoms with Crippen molar-refractivity contribution >= 4 is 16.7 Å². The molecule has 102 valence electrons. The summed E-state index contributed by atoms with van der Waals surface area (Å²) in [5, 5.41) is 12.4. The van der Waals surface area contributed by atoms with Gasteiger partial charge in [-0.25, -0.2) is 0 Å². The molecule has 2 fully saturated rings. The molecule has 4 rings (SSSR count). The SMILES string of the molecule is O=C(c1cccc2ccccc12)N1CC(O)(C2CC2)C1. The van der Waals surface area contributed by atoms with Crippen molar-refractivity contribution in [2.75, 3.05) is 13.1 Å². The predicted molar refractivity (Wildman–Crippen MR) is 77.5 cm³/mol. The molecule has 1 aliphatic heterocycles. The van der Waals surface area contributed by atoms with Gasteiger partial charge in [0.05, 0.1) is 13.1 Å². The van der Waals surface area contributed by atoms with Gasteiger partial charge in [0.25, 0.3) is 5.91 Å². The number of amides is 1. The molecule has 1 heterocycles. The highest BCUT2D eigenvalue weighted by Gasteiger charge is 2.53. The first-order valence-electron chi connectivity index (χ1n) is 7.17. The Kier molecular flexibility index (Phi) is 2.42. The molecule has 0 aromatic heterocycles. The van der Waals surface area contributed by atoms with Gasteiger partial charge in [0, 0.05) is 5.56 Å². The van der Waals surface area contributed by atoms with E-state index in [2.05, 4.69) is 0 Å². The predicted octanol–water partition coefficient (Wildman–Crippen LogP) is 2.44. The van der Waals surface area contributed by atoms with E-state index < -0.39 is 5.60 Å². The first kappa shape index (κ1) is 11.9. The van der Waals surface area contributed by atoms with Crippen LogP contribution in [0.4, 0.5) is 0 Å². The van der Waals surface area contributed by atoms with Crippen LogP contribution in [0.1, 0.15) is 23.2 Å². The lowest BCUT2D eigenvalue weighted by atomic mass is 9.88. The molecule has 0 spiro atoms. The van der Waals surface area contributed by atoms with Gasteiger partial charge in [-0.05, 0) is 35.6 Å². The van der Waals surface area contributed by atoms with Gasteiger partial charge in [0.2, 0.25) is 0 Å².